The zero-order valence-electron chi connectivity index (χ0n) is 25.5. The van der Waals surface area contributed by atoms with E-state index in [1.807, 2.05) is 49.6 Å². The number of carbonyl (C=O) groups is 2. The Morgan fingerprint density at radius 3 is 2.50 bits per heavy atom. The molecule has 44 heavy (non-hydrogen) atoms. The molecule has 0 N–H and O–H groups in total. The molecule has 0 unspecified atom stereocenters. The van der Waals surface area contributed by atoms with Crippen LogP contribution < -0.4 is 19.6 Å². The van der Waals surface area contributed by atoms with Gasteiger partial charge in [0.1, 0.15) is 11.8 Å². The summed E-state index contributed by atoms with van der Waals surface area (Å²) in [6.07, 6.45) is 1.83. The number of allylic oxidation sites excluding steroid dienone is 1. The Bertz CT molecular complexity index is 2030. The van der Waals surface area contributed by atoms with E-state index in [4.69, 9.17) is 25.8 Å². The largest absolute Gasteiger partial charge is 0.496 e. The number of esters is 2. The van der Waals surface area contributed by atoms with Crippen molar-refractivity contribution in [3.63, 3.8) is 0 Å². The molecule has 0 amide bonds. The number of methoxy groups -OCH3 is 2. The van der Waals surface area contributed by atoms with Gasteiger partial charge in [0.25, 0.3) is 5.56 Å². The fraction of sp³-hybridized carbons (Fsp3) is 0.273. The van der Waals surface area contributed by atoms with Crippen molar-refractivity contribution in [1.82, 2.24) is 9.13 Å². The van der Waals surface area contributed by atoms with E-state index < -0.39 is 18.0 Å². The van der Waals surface area contributed by atoms with Crippen LogP contribution in [0.2, 0.25) is 5.02 Å². The second-order valence-corrected chi connectivity index (χ2v) is 11.7. The molecule has 2 aromatic heterocycles. The van der Waals surface area contributed by atoms with E-state index in [2.05, 4.69) is 4.99 Å². The van der Waals surface area contributed by atoms with E-state index in [0.717, 1.165) is 28.2 Å². The van der Waals surface area contributed by atoms with E-state index in [1.165, 1.54) is 30.1 Å². The standard InChI is InChI=1S/C33H32ClN3O6S/c1-8-43-32(40)28-19(4)35-33-37(29(28)24-16-22(34)12-13-26(24)41-6)30(38)27(44-33)15-21-14-17(2)36(20(21)5)25-11-9-10-23(18(25)3)31(39)42-7/h9-16,29H,8H2,1-7H3/b27-15-/t29-/m0/s1. The monoisotopic (exact) mass is 633 g/mol. The molecule has 9 nitrogen and oxygen atoms in total. The number of carbonyl (C=O) groups excluding carboxylic acids is 2. The summed E-state index contributed by atoms with van der Waals surface area (Å²) in [6, 6.07) is 11.7. The maximum atomic E-state index is 14.2. The van der Waals surface area contributed by atoms with Gasteiger partial charge in [-0.05, 0) is 88.2 Å². The number of hydrogen-bond acceptors (Lipinski definition) is 8. The van der Waals surface area contributed by atoms with E-state index in [0.29, 0.717) is 36.9 Å². The minimum atomic E-state index is -0.864. The van der Waals surface area contributed by atoms with Gasteiger partial charge in [0.05, 0.1) is 42.2 Å². The minimum absolute atomic E-state index is 0.164. The highest BCUT2D eigenvalue weighted by Gasteiger charge is 2.35. The number of hydrogen-bond donors (Lipinski definition) is 0. The SMILES string of the molecule is CCOC(=O)C1=C(C)N=c2s/c(=C\c3cc(C)n(-c4cccc(C(=O)OC)c4C)c3C)c(=O)n2[C@H]1c1cc(Cl)ccc1OC. The summed E-state index contributed by atoms with van der Waals surface area (Å²) < 4.78 is 20.0. The molecule has 5 rings (SSSR count). The number of aromatic nitrogens is 2. The summed E-state index contributed by atoms with van der Waals surface area (Å²) in [7, 11) is 2.88. The Balaban J connectivity index is 1.72. The van der Waals surface area contributed by atoms with Crippen molar-refractivity contribution in [1.29, 1.82) is 0 Å². The van der Waals surface area contributed by atoms with Crippen molar-refractivity contribution in [3.05, 3.63) is 112 Å². The molecule has 0 aliphatic carbocycles. The van der Waals surface area contributed by atoms with Crippen LogP contribution in [0.15, 0.2) is 63.5 Å². The summed E-state index contributed by atoms with van der Waals surface area (Å²) in [5.74, 6) is -0.502. The summed E-state index contributed by atoms with van der Waals surface area (Å²) in [5, 5.41) is 0.430. The molecule has 11 heteroatoms. The highest BCUT2D eigenvalue weighted by Crippen LogP contribution is 2.37. The average molecular weight is 634 g/mol. The van der Waals surface area contributed by atoms with Crippen LogP contribution in [0.25, 0.3) is 11.8 Å². The van der Waals surface area contributed by atoms with Crippen LogP contribution in [0.4, 0.5) is 0 Å². The molecule has 0 radical (unpaired) electrons. The second-order valence-electron chi connectivity index (χ2n) is 10.3. The zero-order valence-corrected chi connectivity index (χ0v) is 27.1. The Kier molecular flexibility index (Phi) is 8.67. The molecule has 2 aromatic carbocycles. The van der Waals surface area contributed by atoms with Crippen LogP contribution in [0.5, 0.6) is 5.75 Å². The lowest BCUT2D eigenvalue weighted by Crippen LogP contribution is -2.40. The van der Waals surface area contributed by atoms with Crippen molar-refractivity contribution in [2.24, 2.45) is 4.99 Å². The highest BCUT2D eigenvalue weighted by molar-refractivity contribution is 7.07. The third kappa shape index (κ3) is 5.28. The smallest absolute Gasteiger partial charge is 0.338 e. The molecule has 1 aliphatic rings. The lowest BCUT2D eigenvalue weighted by atomic mass is 9.95. The van der Waals surface area contributed by atoms with Crippen molar-refractivity contribution < 1.29 is 23.8 Å². The third-order valence-corrected chi connectivity index (χ3v) is 8.93. The van der Waals surface area contributed by atoms with Gasteiger partial charge in [-0.25, -0.2) is 14.6 Å². The van der Waals surface area contributed by atoms with Crippen molar-refractivity contribution >= 4 is 41.0 Å². The van der Waals surface area contributed by atoms with E-state index in [1.54, 1.807) is 38.1 Å². The molecule has 1 aliphatic heterocycles. The Morgan fingerprint density at radius 2 is 1.82 bits per heavy atom. The average Bonchev–Trinajstić information content (AvgIpc) is 3.45. The molecule has 4 aromatic rings. The van der Waals surface area contributed by atoms with Crippen LogP contribution in [-0.4, -0.2) is 41.9 Å². The molecular formula is C33H32ClN3O6S. The predicted molar refractivity (Wildman–Crippen MR) is 170 cm³/mol. The third-order valence-electron chi connectivity index (χ3n) is 7.71. The van der Waals surface area contributed by atoms with Crippen LogP contribution in [-0.2, 0) is 14.3 Å². The van der Waals surface area contributed by atoms with Crippen LogP contribution >= 0.6 is 22.9 Å². The van der Waals surface area contributed by atoms with Crippen LogP contribution in [0.3, 0.4) is 0 Å². The van der Waals surface area contributed by atoms with Gasteiger partial charge in [0.15, 0.2) is 4.80 Å². The summed E-state index contributed by atoms with van der Waals surface area (Å²) in [4.78, 5) is 44.9. The number of benzene rings is 2. The predicted octanol–water partition coefficient (Wildman–Crippen LogP) is 4.96. The van der Waals surface area contributed by atoms with Crippen molar-refractivity contribution in [2.75, 3.05) is 20.8 Å². The van der Waals surface area contributed by atoms with Gasteiger partial charge in [-0.3, -0.25) is 9.36 Å². The van der Waals surface area contributed by atoms with Gasteiger partial charge in [-0.2, -0.15) is 0 Å². The normalized spacial score (nSPS) is 14.7. The lowest BCUT2D eigenvalue weighted by Gasteiger charge is -2.26. The fourth-order valence-electron chi connectivity index (χ4n) is 5.65. The molecule has 0 saturated carbocycles. The van der Waals surface area contributed by atoms with Gasteiger partial charge in [-0.1, -0.05) is 29.0 Å². The van der Waals surface area contributed by atoms with Crippen LogP contribution in [0.1, 0.15) is 58.3 Å². The summed E-state index contributed by atoms with van der Waals surface area (Å²) >= 11 is 7.63. The topological polar surface area (TPSA) is 101 Å². The Hall–Kier alpha value is -4.41. The highest BCUT2D eigenvalue weighted by atomic mass is 35.5. The van der Waals surface area contributed by atoms with Gasteiger partial charge >= 0.3 is 11.9 Å². The first kappa shape index (κ1) is 31.0. The Labute approximate surface area is 263 Å². The van der Waals surface area contributed by atoms with Crippen LogP contribution in [0, 0.1) is 20.8 Å². The van der Waals surface area contributed by atoms with Gasteiger partial charge in [0.2, 0.25) is 0 Å². The van der Waals surface area contributed by atoms with Crippen molar-refractivity contribution in [2.45, 2.75) is 40.7 Å². The first-order valence-electron chi connectivity index (χ1n) is 13.9. The quantitative estimate of drug-likeness (QED) is 0.267. The lowest BCUT2D eigenvalue weighted by molar-refractivity contribution is -0.139. The van der Waals surface area contributed by atoms with Gasteiger partial charge in [-0.15, -0.1) is 0 Å². The first-order chi connectivity index (χ1) is 21.0. The molecule has 0 fully saturated rings. The van der Waals surface area contributed by atoms with E-state index in [9.17, 15) is 14.4 Å². The maximum Gasteiger partial charge on any atom is 0.338 e. The van der Waals surface area contributed by atoms with Gasteiger partial charge in [0, 0.05) is 27.7 Å². The molecule has 1 atom stereocenters. The number of fused-ring (bicyclic) bond motifs is 1. The first-order valence-corrected chi connectivity index (χ1v) is 15.1. The van der Waals surface area contributed by atoms with Crippen molar-refractivity contribution in [3.8, 4) is 11.4 Å². The molecule has 0 spiro atoms. The number of ether oxygens (including phenoxy) is 3. The minimum Gasteiger partial charge on any atom is -0.496 e. The molecule has 3 heterocycles. The Morgan fingerprint density at radius 1 is 1.07 bits per heavy atom. The summed E-state index contributed by atoms with van der Waals surface area (Å²) in [6.45, 7) is 9.43. The second kappa shape index (κ2) is 12.3. The van der Waals surface area contributed by atoms with E-state index in [-0.39, 0.29) is 17.7 Å². The number of thiazole rings is 1. The summed E-state index contributed by atoms with van der Waals surface area (Å²) in [5.41, 5.74) is 5.66. The molecule has 228 valence electrons. The maximum absolute atomic E-state index is 14.2. The zero-order chi connectivity index (χ0) is 31.9. The number of nitrogens with zero attached hydrogens (tertiary/aromatic N) is 3. The molecule has 0 saturated heterocycles. The van der Waals surface area contributed by atoms with E-state index >= 15 is 0 Å². The number of rotatable bonds is 7. The number of aryl methyl sites for hydroxylation is 1. The molecule has 0 bridgehead atoms. The number of halogens is 1. The fourth-order valence-corrected chi connectivity index (χ4v) is 6.87. The van der Waals surface area contributed by atoms with Gasteiger partial charge < -0.3 is 18.8 Å². The molecular weight excluding hydrogens is 602 g/mol.